The van der Waals surface area contributed by atoms with Gasteiger partial charge in [0.05, 0.1) is 5.69 Å². The van der Waals surface area contributed by atoms with E-state index in [0.717, 1.165) is 11.1 Å². The number of nitrogen functional groups attached to an aromatic ring is 1. The highest BCUT2D eigenvalue weighted by Gasteiger charge is 2.30. The fourth-order valence-electron chi connectivity index (χ4n) is 2.00. The van der Waals surface area contributed by atoms with Gasteiger partial charge in [-0.25, -0.2) is 4.39 Å². The molecule has 3 N–H and O–H groups in total. The van der Waals surface area contributed by atoms with Gasteiger partial charge in [-0.05, 0) is 44.0 Å². The van der Waals surface area contributed by atoms with Gasteiger partial charge in [-0.3, -0.25) is 0 Å². The lowest BCUT2D eigenvalue weighted by atomic mass is 9.99. The first-order valence-corrected chi connectivity index (χ1v) is 8.22. The van der Waals surface area contributed by atoms with E-state index in [2.05, 4.69) is 4.72 Å². The van der Waals surface area contributed by atoms with Gasteiger partial charge in [0.25, 0.3) is 0 Å². The summed E-state index contributed by atoms with van der Waals surface area (Å²) in [5.41, 5.74) is 7.49. The quantitative estimate of drug-likeness (QED) is 0.669. The van der Waals surface area contributed by atoms with Crippen LogP contribution in [0, 0.1) is 5.82 Å². The Bertz CT molecular complexity index is 628. The summed E-state index contributed by atoms with van der Waals surface area (Å²) >= 11 is -1.26. The van der Waals surface area contributed by atoms with Gasteiger partial charge >= 0.3 is 0 Å². The lowest BCUT2D eigenvalue weighted by Crippen LogP contribution is -2.41. The first kappa shape index (κ1) is 16.8. The highest BCUT2D eigenvalue weighted by molar-refractivity contribution is 7.90. The van der Waals surface area contributed by atoms with Crippen molar-refractivity contribution in [1.82, 2.24) is 4.72 Å². The van der Waals surface area contributed by atoms with Gasteiger partial charge in [0.2, 0.25) is 0 Å². The Morgan fingerprint density at radius 1 is 1.09 bits per heavy atom. The maximum absolute atomic E-state index is 13.4. The number of hydrogen-bond donors (Lipinski definition) is 2. The van der Waals surface area contributed by atoms with Gasteiger partial charge in [-0.15, -0.1) is 4.72 Å². The molecule has 0 saturated heterocycles. The zero-order chi connectivity index (χ0) is 16.3. The number of halogens is 1. The fraction of sp³-hybridized carbons (Fsp3) is 0.294. The van der Waals surface area contributed by atoms with Crippen LogP contribution in [0.5, 0.6) is 0 Å². The first-order valence-electron chi connectivity index (χ1n) is 7.07. The van der Waals surface area contributed by atoms with Crippen LogP contribution in [0.1, 0.15) is 37.9 Å². The van der Waals surface area contributed by atoms with Crippen LogP contribution in [0.4, 0.5) is 10.1 Å². The molecule has 0 fully saturated rings. The zero-order valence-corrected chi connectivity index (χ0v) is 13.8. The molecule has 0 bridgehead atoms. The number of hydrogen-bond acceptors (Lipinski definition) is 3. The maximum atomic E-state index is 13.4. The van der Waals surface area contributed by atoms with E-state index in [1.807, 2.05) is 51.1 Å². The normalized spacial score (nSPS) is 14.6. The van der Waals surface area contributed by atoms with Crippen LogP contribution in [0.15, 0.2) is 48.5 Å². The number of benzene rings is 2. The minimum atomic E-state index is -1.26. The molecule has 2 atom stereocenters. The second-order valence-electron chi connectivity index (χ2n) is 6.12. The van der Waals surface area contributed by atoms with Crippen molar-refractivity contribution in [1.29, 1.82) is 0 Å². The molecule has 22 heavy (non-hydrogen) atoms. The van der Waals surface area contributed by atoms with E-state index in [-0.39, 0.29) is 11.7 Å². The number of nitrogens with two attached hydrogens (primary N) is 1. The predicted octanol–water partition coefficient (Wildman–Crippen LogP) is 3.55. The number of rotatable bonds is 4. The molecule has 2 aromatic carbocycles. The van der Waals surface area contributed by atoms with Crippen molar-refractivity contribution in [2.24, 2.45) is 0 Å². The molecule has 0 spiro atoms. The van der Waals surface area contributed by atoms with Crippen LogP contribution in [0.2, 0.25) is 0 Å². The van der Waals surface area contributed by atoms with Crippen LogP contribution in [-0.4, -0.2) is 9.30 Å². The van der Waals surface area contributed by atoms with Gasteiger partial charge in [-0.1, -0.05) is 36.4 Å². The molecule has 118 valence electrons. The van der Waals surface area contributed by atoms with Crippen molar-refractivity contribution in [2.75, 3.05) is 5.73 Å². The van der Waals surface area contributed by atoms with E-state index < -0.39 is 21.9 Å². The molecule has 5 heteroatoms. The summed E-state index contributed by atoms with van der Waals surface area (Å²) in [6, 6.07) is 13.9. The zero-order valence-electron chi connectivity index (χ0n) is 13.0. The minimum Gasteiger partial charge on any atom is -0.598 e. The highest BCUT2D eigenvalue weighted by atomic mass is 32.2. The summed E-state index contributed by atoms with van der Waals surface area (Å²) in [6.45, 7) is 5.70. The van der Waals surface area contributed by atoms with Crippen LogP contribution in [0.3, 0.4) is 0 Å². The van der Waals surface area contributed by atoms with E-state index >= 15 is 0 Å². The smallest absolute Gasteiger partial charge is 0.146 e. The van der Waals surface area contributed by atoms with Gasteiger partial charge in [0.15, 0.2) is 0 Å². The Balaban J connectivity index is 2.39. The van der Waals surface area contributed by atoms with Crippen molar-refractivity contribution in [3.63, 3.8) is 0 Å². The Labute approximate surface area is 134 Å². The van der Waals surface area contributed by atoms with E-state index in [0.29, 0.717) is 0 Å². The van der Waals surface area contributed by atoms with Gasteiger partial charge in [0, 0.05) is 11.4 Å². The third kappa shape index (κ3) is 4.00. The molecule has 0 aliphatic carbocycles. The molecular formula is C17H21FN2OS. The summed E-state index contributed by atoms with van der Waals surface area (Å²) in [5, 5.41) is 0. The summed E-state index contributed by atoms with van der Waals surface area (Å²) in [5.74, 6) is -0.451. The molecule has 2 rings (SSSR count). The summed E-state index contributed by atoms with van der Waals surface area (Å²) in [6.07, 6.45) is 0. The predicted molar refractivity (Wildman–Crippen MR) is 90.1 cm³/mol. The lowest BCUT2D eigenvalue weighted by Gasteiger charge is -2.28. The second kappa shape index (κ2) is 6.69. The highest BCUT2D eigenvalue weighted by Crippen LogP contribution is 2.27. The molecule has 0 aliphatic rings. The molecule has 2 aromatic rings. The molecule has 0 radical (unpaired) electrons. The van der Waals surface area contributed by atoms with Crippen LogP contribution < -0.4 is 10.5 Å². The second-order valence-corrected chi connectivity index (χ2v) is 8.12. The summed E-state index contributed by atoms with van der Waals surface area (Å²) in [7, 11) is 0. The Morgan fingerprint density at radius 3 is 2.27 bits per heavy atom. The summed E-state index contributed by atoms with van der Waals surface area (Å²) in [4.78, 5) is 0. The van der Waals surface area contributed by atoms with E-state index in [4.69, 9.17) is 5.73 Å². The van der Waals surface area contributed by atoms with Crippen molar-refractivity contribution >= 4 is 17.0 Å². The molecule has 0 amide bonds. The average molecular weight is 320 g/mol. The fourth-order valence-corrected chi connectivity index (χ4v) is 2.84. The molecule has 0 saturated carbocycles. The lowest BCUT2D eigenvalue weighted by molar-refractivity contribution is 0.535. The van der Waals surface area contributed by atoms with Crippen molar-refractivity contribution < 1.29 is 8.94 Å². The van der Waals surface area contributed by atoms with E-state index in [1.165, 1.54) is 6.07 Å². The van der Waals surface area contributed by atoms with E-state index in [1.54, 1.807) is 12.1 Å². The standard InChI is InChI=1S/C17H21FN2OS/c1-17(2,3)22(21)20-16(12-7-5-4-6-8-12)13-9-10-14(18)15(19)11-13/h4-11,16,20H,19H2,1-3H3/t16-,22?/m0/s1. The molecule has 1 unspecified atom stereocenters. The van der Waals surface area contributed by atoms with Crippen LogP contribution in [-0.2, 0) is 11.4 Å². The Kier molecular flexibility index (Phi) is 5.11. The Morgan fingerprint density at radius 2 is 1.73 bits per heavy atom. The third-order valence-electron chi connectivity index (χ3n) is 3.27. The molecular weight excluding hydrogens is 299 g/mol. The SMILES string of the molecule is CC(C)(C)[S+]([O-])N[C@@H](c1ccccc1)c1ccc(F)c(N)c1. The number of nitrogens with one attached hydrogen (secondary N) is 1. The van der Waals surface area contributed by atoms with Crippen molar-refractivity contribution in [3.05, 3.63) is 65.5 Å². The topological polar surface area (TPSA) is 61.1 Å². The van der Waals surface area contributed by atoms with Gasteiger partial charge < -0.3 is 10.3 Å². The van der Waals surface area contributed by atoms with Crippen molar-refractivity contribution in [2.45, 2.75) is 31.6 Å². The summed E-state index contributed by atoms with van der Waals surface area (Å²) < 4.78 is 28.6. The third-order valence-corrected chi connectivity index (χ3v) is 4.83. The minimum absolute atomic E-state index is 0.0850. The monoisotopic (exact) mass is 320 g/mol. The maximum Gasteiger partial charge on any atom is 0.146 e. The van der Waals surface area contributed by atoms with Gasteiger partial charge in [0.1, 0.15) is 16.6 Å². The van der Waals surface area contributed by atoms with E-state index in [9.17, 15) is 8.94 Å². The van der Waals surface area contributed by atoms with Crippen molar-refractivity contribution in [3.8, 4) is 0 Å². The molecule has 0 aromatic heterocycles. The van der Waals surface area contributed by atoms with Gasteiger partial charge in [-0.2, -0.15) is 0 Å². The molecule has 0 heterocycles. The number of anilines is 1. The average Bonchev–Trinajstić information content (AvgIpc) is 2.47. The first-order chi connectivity index (χ1) is 10.3. The Hall–Kier alpha value is -1.56. The molecule has 0 aliphatic heterocycles. The largest absolute Gasteiger partial charge is 0.598 e. The van der Waals surface area contributed by atoms with Crippen LogP contribution >= 0.6 is 0 Å². The van der Waals surface area contributed by atoms with Crippen LogP contribution in [0.25, 0.3) is 0 Å². The molecule has 3 nitrogen and oxygen atoms in total.